The quantitative estimate of drug-likeness (QED) is 0.254. The maximum Gasteiger partial charge on any atom is 0.338 e. The molecule has 0 spiro atoms. The second-order valence-corrected chi connectivity index (χ2v) is 8.17. The highest BCUT2D eigenvalue weighted by atomic mass is 35.5. The Morgan fingerprint density at radius 1 is 0.968 bits per heavy atom. The van der Waals surface area contributed by atoms with Crippen LogP contribution in [0.15, 0.2) is 52.9 Å². The highest BCUT2D eigenvalue weighted by molar-refractivity contribution is 6.42. The Morgan fingerprint density at radius 2 is 1.68 bits per heavy atom. The van der Waals surface area contributed by atoms with Gasteiger partial charge in [0.05, 0.1) is 28.8 Å². The number of rotatable bonds is 2. The summed E-state index contributed by atoms with van der Waals surface area (Å²) in [6, 6.07) is 15.2. The van der Waals surface area contributed by atoms with Crippen molar-refractivity contribution in [2.45, 2.75) is 6.92 Å². The first-order chi connectivity index (χ1) is 14.3. The third-order valence-electron chi connectivity index (χ3n) is 5.11. The summed E-state index contributed by atoms with van der Waals surface area (Å²) in [4.78, 5) is 12.6. The molecule has 1 aliphatic carbocycles. The van der Waals surface area contributed by atoms with Gasteiger partial charge in [-0.15, -0.1) is 0 Å². The maximum absolute atomic E-state index is 12.6. The normalized spacial score (nSPS) is 10.8. The van der Waals surface area contributed by atoms with Crippen molar-refractivity contribution in [2.24, 2.45) is 0 Å². The summed E-state index contributed by atoms with van der Waals surface area (Å²) >= 11 is 12.6. The van der Waals surface area contributed by atoms with Gasteiger partial charge in [0.2, 0.25) is 5.36 Å². The summed E-state index contributed by atoms with van der Waals surface area (Å²) in [6.07, 6.45) is 0. The Kier molecular flexibility index (Phi) is 6.65. The van der Waals surface area contributed by atoms with E-state index in [9.17, 15) is 4.79 Å². The van der Waals surface area contributed by atoms with Crippen molar-refractivity contribution in [3.05, 3.63) is 75.1 Å². The van der Waals surface area contributed by atoms with Gasteiger partial charge in [0.1, 0.15) is 25.4 Å². The Balaban J connectivity index is 0.00000272. The molecule has 31 heavy (non-hydrogen) atoms. The van der Waals surface area contributed by atoms with Crippen LogP contribution in [0.5, 0.6) is 0 Å². The molecule has 0 bridgehead atoms. The largest absolute Gasteiger partial charge is 1.00 e. The summed E-state index contributed by atoms with van der Waals surface area (Å²) in [5.74, 6) is 0.221. The van der Waals surface area contributed by atoms with Gasteiger partial charge in [-0.2, -0.15) is 0 Å². The van der Waals surface area contributed by atoms with Gasteiger partial charge >= 0.3 is 5.97 Å². The van der Waals surface area contributed by atoms with Crippen LogP contribution in [0, 0.1) is 6.92 Å². The summed E-state index contributed by atoms with van der Waals surface area (Å²) in [6.45, 7) is 2.01. The van der Waals surface area contributed by atoms with E-state index in [1.165, 1.54) is 7.11 Å². The zero-order chi connectivity index (χ0) is 21.6. The van der Waals surface area contributed by atoms with E-state index >= 15 is 0 Å². The molecule has 4 nitrogen and oxygen atoms in total. The minimum absolute atomic E-state index is 0. The van der Waals surface area contributed by atoms with Gasteiger partial charge in [0, 0.05) is 22.6 Å². The first-order valence-corrected chi connectivity index (χ1v) is 10.1. The molecule has 0 unspecified atom stereocenters. The van der Waals surface area contributed by atoms with Gasteiger partial charge in [-0.25, -0.2) is 9.37 Å². The van der Waals surface area contributed by atoms with E-state index in [0.717, 1.165) is 33.0 Å². The lowest BCUT2D eigenvalue weighted by Crippen LogP contribution is -3.00. The molecule has 2 aromatic rings. The van der Waals surface area contributed by atoms with Crippen molar-refractivity contribution in [3.63, 3.8) is 0 Å². The number of halogens is 3. The lowest BCUT2D eigenvalue weighted by Gasteiger charge is -2.18. The van der Waals surface area contributed by atoms with Gasteiger partial charge < -0.3 is 21.6 Å². The first-order valence-electron chi connectivity index (χ1n) is 9.35. The second kappa shape index (κ2) is 8.91. The van der Waals surface area contributed by atoms with E-state index < -0.39 is 5.97 Å². The molecule has 0 atom stereocenters. The Labute approximate surface area is 196 Å². The van der Waals surface area contributed by atoms with Crippen molar-refractivity contribution >= 4 is 40.1 Å². The van der Waals surface area contributed by atoms with Crippen molar-refractivity contribution in [3.8, 4) is 22.5 Å². The first kappa shape index (κ1) is 23.1. The lowest BCUT2D eigenvalue weighted by atomic mass is 9.90. The lowest BCUT2D eigenvalue weighted by molar-refractivity contribution is -0.0000210. The molecule has 2 aliphatic rings. The van der Waals surface area contributed by atoms with E-state index in [-0.39, 0.29) is 12.4 Å². The van der Waals surface area contributed by atoms with E-state index in [4.69, 9.17) is 32.4 Å². The molecular formula is C24H20Cl3NO3. The zero-order valence-corrected chi connectivity index (χ0v) is 19.7. The third kappa shape index (κ3) is 4.16. The number of benzene rings is 3. The topological polar surface area (TPSA) is 42.5 Å². The van der Waals surface area contributed by atoms with Crippen LogP contribution >= 0.6 is 23.2 Å². The minimum Gasteiger partial charge on any atom is -1.00 e. The number of ether oxygens (including phenoxy) is 1. The SMILES string of the molecule is COC(=O)c1cc(Cl)c(Cl)cc1-c1c2ccc(=[N+](C)C)cc-2oc2cc(C)ccc12.[Cl-]. The molecule has 0 fully saturated rings. The average Bonchev–Trinajstić information content (AvgIpc) is 2.72. The highest BCUT2D eigenvalue weighted by Gasteiger charge is 2.24. The maximum atomic E-state index is 12.6. The summed E-state index contributed by atoms with van der Waals surface area (Å²) in [7, 11) is 5.29. The summed E-state index contributed by atoms with van der Waals surface area (Å²) in [5, 5.41) is 2.53. The number of fused-ring (bicyclic) bond motifs is 2. The standard InChI is InChI=1S/C24H20Cl2NO3.ClH/c1-13-5-7-15-21(9-13)30-22-10-14(27(2)3)6-8-16(22)23(15)17-11-19(25)20(26)12-18(17)24(28)29-4;/h5-12H,1-4H3;1H/q+1;/p-1. The third-order valence-corrected chi connectivity index (χ3v) is 5.83. The van der Waals surface area contributed by atoms with Gasteiger partial charge in [-0.1, -0.05) is 35.3 Å². The van der Waals surface area contributed by atoms with Crippen LogP contribution in [0.4, 0.5) is 0 Å². The Bertz CT molecular complexity index is 1350. The predicted molar refractivity (Wildman–Crippen MR) is 121 cm³/mol. The molecular weight excluding hydrogens is 457 g/mol. The molecule has 2 aromatic carbocycles. The van der Waals surface area contributed by atoms with Crippen molar-refractivity contribution in [1.29, 1.82) is 0 Å². The zero-order valence-electron chi connectivity index (χ0n) is 17.4. The van der Waals surface area contributed by atoms with Crippen LogP contribution in [0.2, 0.25) is 10.0 Å². The van der Waals surface area contributed by atoms with Crippen molar-refractivity contribution < 1.29 is 26.4 Å². The molecule has 160 valence electrons. The van der Waals surface area contributed by atoms with E-state index in [0.29, 0.717) is 26.9 Å². The number of hydrogen-bond acceptors (Lipinski definition) is 3. The summed E-state index contributed by atoms with van der Waals surface area (Å²) < 4.78 is 13.3. The second-order valence-electron chi connectivity index (χ2n) is 7.36. The number of carbonyl (C=O) groups excluding carboxylic acids is 1. The van der Waals surface area contributed by atoms with Crippen LogP contribution < -0.4 is 22.3 Å². The predicted octanol–water partition coefficient (Wildman–Crippen LogP) is 2.64. The van der Waals surface area contributed by atoms with Crippen LogP contribution in [0.1, 0.15) is 15.9 Å². The molecule has 0 aromatic heterocycles. The monoisotopic (exact) mass is 475 g/mol. The fraction of sp³-hybridized carbons (Fsp3) is 0.167. The number of nitrogens with zero attached hydrogens (tertiary/aromatic N) is 1. The van der Waals surface area contributed by atoms with Crippen LogP contribution in [0.25, 0.3) is 33.4 Å². The fourth-order valence-electron chi connectivity index (χ4n) is 3.59. The van der Waals surface area contributed by atoms with Crippen LogP contribution in [-0.4, -0.2) is 27.2 Å². The average molecular weight is 477 g/mol. The Hall–Kier alpha value is -2.53. The smallest absolute Gasteiger partial charge is 0.338 e. The molecule has 0 saturated heterocycles. The number of esters is 1. The van der Waals surface area contributed by atoms with E-state index in [2.05, 4.69) is 0 Å². The van der Waals surface area contributed by atoms with Gasteiger partial charge in [0.25, 0.3) is 0 Å². The highest BCUT2D eigenvalue weighted by Crippen LogP contribution is 2.43. The van der Waals surface area contributed by atoms with Gasteiger partial charge in [-0.05, 0) is 42.3 Å². The number of hydrogen-bond donors (Lipinski definition) is 0. The number of aryl methyl sites for hydroxylation is 1. The van der Waals surface area contributed by atoms with Gasteiger partial charge in [-0.3, -0.25) is 0 Å². The molecule has 7 heteroatoms. The minimum atomic E-state index is -0.484. The van der Waals surface area contributed by atoms with Crippen molar-refractivity contribution in [2.75, 3.05) is 21.2 Å². The summed E-state index contributed by atoms with van der Waals surface area (Å²) in [5.41, 5.74) is 4.48. The van der Waals surface area contributed by atoms with Crippen LogP contribution in [-0.2, 0) is 4.74 Å². The van der Waals surface area contributed by atoms with Gasteiger partial charge in [0.15, 0.2) is 0 Å². The fourth-order valence-corrected chi connectivity index (χ4v) is 3.91. The van der Waals surface area contributed by atoms with Crippen LogP contribution in [0.3, 0.4) is 0 Å². The molecule has 4 rings (SSSR count). The molecule has 0 saturated carbocycles. The van der Waals surface area contributed by atoms with Crippen molar-refractivity contribution in [1.82, 2.24) is 4.58 Å². The van der Waals surface area contributed by atoms with E-state index in [1.807, 2.05) is 62.0 Å². The number of methoxy groups -OCH3 is 1. The number of carbonyl (C=O) groups is 1. The Morgan fingerprint density at radius 3 is 2.35 bits per heavy atom. The molecule has 0 amide bonds. The molecule has 1 heterocycles. The molecule has 0 radical (unpaired) electrons. The molecule has 1 aliphatic heterocycles. The van der Waals surface area contributed by atoms with E-state index in [1.54, 1.807) is 12.1 Å². The molecule has 0 N–H and O–H groups in total.